The lowest BCUT2D eigenvalue weighted by Crippen LogP contribution is -2.31. The van der Waals surface area contributed by atoms with E-state index < -0.39 is 0 Å². The quantitative estimate of drug-likeness (QED) is 0.676. The number of nitrogens with one attached hydrogen (secondary N) is 2. The zero-order valence-corrected chi connectivity index (χ0v) is 13.3. The van der Waals surface area contributed by atoms with Crippen molar-refractivity contribution in [2.24, 2.45) is 0 Å². The normalized spacial score (nSPS) is 10.3. The van der Waals surface area contributed by atoms with Gasteiger partial charge in [0, 0.05) is 19.5 Å². The summed E-state index contributed by atoms with van der Waals surface area (Å²) in [6.45, 7) is 3.16. The van der Waals surface area contributed by atoms with E-state index in [-0.39, 0.29) is 24.0 Å². The molecule has 0 atom stereocenters. The van der Waals surface area contributed by atoms with Gasteiger partial charge in [0.2, 0.25) is 5.91 Å². The van der Waals surface area contributed by atoms with E-state index in [4.69, 9.17) is 4.42 Å². The maximum atomic E-state index is 11.6. The SMILES string of the molecule is CCCCCCNC(=O)CCNC(=O)c1ccc(Br)o1. The fourth-order valence-electron chi connectivity index (χ4n) is 1.68. The molecule has 0 aliphatic heterocycles. The lowest BCUT2D eigenvalue weighted by molar-refractivity contribution is -0.120. The van der Waals surface area contributed by atoms with Gasteiger partial charge in [0.25, 0.3) is 5.91 Å². The Morgan fingerprint density at radius 2 is 1.95 bits per heavy atom. The molecule has 6 heteroatoms. The number of rotatable bonds is 9. The van der Waals surface area contributed by atoms with Crippen molar-refractivity contribution in [2.75, 3.05) is 13.1 Å². The van der Waals surface area contributed by atoms with Gasteiger partial charge in [-0.3, -0.25) is 9.59 Å². The highest BCUT2D eigenvalue weighted by Crippen LogP contribution is 2.13. The highest BCUT2D eigenvalue weighted by Gasteiger charge is 2.10. The van der Waals surface area contributed by atoms with Gasteiger partial charge in [-0.25, -0.2) is 0 Å². The minimum absolute atomic E-state index is 0.0394. The van der Waals surface area contributed by atoms with Crippen LogP contribution in [-0.4, -0.2) is 24.9 Å². The first-order chi connectivity index (χ1) is 9.63. The standard InChI is InChI=1S/C14H21BrN2O3/c1-2-3-4-5-9-16-13(18)8-10-17-14(19)11-6-7-12(15)20-11/h6-7H,2-5,8-10H2,1H3,(H,16,18)(H,17,19). The molecule has 2 amide bonds. The number of carbonyl (C=O) groups excluding carboxylic acids is 2. The smallest absolute Gasteiger partial charge is 0.287 e. The van der Waals surface area contributed by atoms with Crippen molar-refractivity contribution in [3.8, 4) is 0 Å². The molecule has 0 fully saturated rings. The van der Waals surface area contributed by atoms with Gasteiger partial charge in [-0.05, 0) is 34.5 Å². The lowest BCUT2D eigenvalue weighted by atomic mass is 10.2. The summed E-state index contributed by atoms with van der Waals surface area (Å²) in [5, 5.41) is 5.48. The molecule has 0 saturated heterocycles. The van der Waals surface area contributed by atoms with Crippen molar-refractivity contribution in [2.45, 2.75) is 39.0 Å². The second-order valence-electron chi connectivity index (χ2n) is 4.52. The number of unbranched alkanes of at least 4 members (excludes halogenated alkanes) is 3. The molecule has 0 spiro atoms. The Morgan fingerprint density at radius 1 is 1.15 bits per heavy atom. The van der Waals surface area contributed by atoms with E-state index in [0.29, 0.717) is 17.8 Å². The molecule has 0 aromatic carbocycles. The highest BCUT2D eigenvalue weighted by molar-refractivity contribution is 9.10. The topological polar surface area (TPSA) is 71.3 Å². The van der Waals surface area contributed by atoms with Gasteiger partial charge in [0.05, 0.1) is 0 Å². The van der Waals surface area contributed by atoms with Gasteiger partial charge in [0.15, 0.2) is 10.4 Å². The molecule has 2 N–H and O–H groups in total. The van der Waals surface area contributed by atoms with Crippen LogP contribution in [0.25, 0.3) is 0 Å². The van der Waals surface area contributed by atoms with Gasteiger partial charge in [0.1, 0.15) is 0 Å². The third-order valence-corrected chi connectivity index (χ3v) is 3.21. The molecular weight excluding hydrogens is 324 g/mol. The summed E-state index contributed by atoms with van der Waals surface area (Å²) in [4.78, 5) is 23.1. The maximum Gasteiger partial charge on any atom is 0.287 e. The minimum Gasteiger partial charge on any atom is -0.444 e. The van der Waals surface area contributed by atoms with Crippen LogP contribution in [0, 0.1) is 0 Å². The second kappa shape index (κ2) is 9.58. The van der Waals surface area contributed by atoms with E-state index in [1.54, 1.807) is 12.1 Å². The fourth-order valence-corrected chi connectivity index (χ4v) is 1.99. The van der Waals surface area contributed by atoms with Crippen LogP contribution in [0.15, 0.2) is 21.2 Å². The van der Waals surface area contributed by atoms with Crippen molar-refractivity contribution < 1.29 is 14.0 Å². The number of carbonyl (C=O) groups is 2. The van der Waals surface area contributed by atoms with Crippen molar-refractivity contribution in [3.63, 3.8) is 0 Å². The molecule has 1 aromatic heterocycles. The van der Waals surface area contributed by atoms with Crippen LogP contribution in [0.5, 0.6) is 0 Å². The number of furan rings is 1. The van der Waals surface area contributed by atoms with Crippen LogP contribution >= 0.6 is 15.9 Å². The average Bonchev–Trinajstić information content (AvgIpc) is 2.85. The van der Waals surface area contributed by atoms with E-state index in [0.717, 1.165) is 12.8 Å². The molecule has 0 saturated carbocycles. The molecule has 1 rings (SSSR count). The molecule has 112 valence electrons. The maximum absolute atomic E-state index is 11.6. The molecule has 0 unspecified atom stereocenters. The number of hydrogen-bond acceptors (Lipinski definition) is 3. The Bertz CT molecular complexity index is 432. The number of halogens is 1. The Hall–Kier alpha value is -1.30. The minimum atomic E-state index is -0.313. The Labute approximate surface area is 127 Å². The molecule has 0 aliphatic rings. The van der Waals surface area contributed by atoms with Crippen LogP contribution in [0.2, 0.25) is 0 Å². The Kier molecular flexibility index (Phi) is 8.02. The largest absolute Gasteiger partial charge is 0.444 e. The van der Waals surface area contributed by atoms with Gasteiger partial charge >= 0.3 is 0 Å². The summed E-state index contributed by atoms with van der Waals surface area (Å²) in [5.74, 6) is -0.120. The van der Waals surface area contributed by atoms with Crippen molar-refractivity contribution in [1.29, 1.82) is 0 Å². The predicted octanol–water partition coefficient (Wildman–Crippen LogP) is 2.86. The van der Waals surface area contributed by atoms with E-state index in [2.05, 4.69) is 33.5 Å². The zero-order chi connectivity index (χ0) is 14.8. The van der Waals surface area contributed by atoms with Crippen molar-refractivity contribution in [3.05, 3.63) is 22.6 Å². The third kappa shape index (κ3) is 6.75. The molecule has 0 aliphatic carbocycles. The highest BCUT2D eigenvalue weighted by atomic mass is 79.9. The van der Waals surface area contributed by atoms with Crippen LogP contribution in [0.1, 0.15) is 49.6 Å². The van der Waals surface area contributed by atoms with E-state index in [9.17, 15) is 9.59 Å². The first kappa shape index (κ1) is 16.8. The Balaban J connectivity index is 2.08. The van der Waals surface area contributed by atoms with Gasteiger partial charge in [-0.15, -0.1) is 0 Å². The van der Waals surface area contributed by atoms with Gasteiger partial charge in [-0.2, -0.15) is 0 Å². The number of amides is 2. The molecular formula is C14H21BrN2O3. The molecule has 0 radical (unpaired) electrons. The van der Waals surface area contributed by atoms with Crippen LogP contribution in [0.4, 0.5) is 0 Å². The monoisotopic (exact) mass is 344 g/mol. The lowest BCUT2D eigenvalue weighted by Gasteiger charge is -2.05. The first-order valence-corrected chi connectivity index (χ1v) is 7.73. The van der Waals surface area contributed by atoms with E-state index in [1.807, 2.05) is 0 Å². The third-order valence-electron chi connectivity index (χ3n) is 2.79. The summed E-state index contributed by atoms with van der Waals surface area (Å²) in [5.41, 5.74) is 0. The second-order valence-corrected chi connectivity index (χ2v) is 5.30. The van der Waals surface area contributed by atoms with Crippen molar-refractivity contribution >= 4 is 27.7 Å². The summed E-state index contributed by atoms with van der Waals surface area (Å²) in [6.07, 6.45) is 4.81. The summed E-state index contributed by atoms with van der Waals surface area (Å²) in [6, 6.07) is 3.23. The van der Waals surface area contributed by atoms with E-state index >= 15 is 0 Å². The zero-order valence-electron chi connectivity index (χ0n) is 11.7. The molecule has 5 nitrogen and oxygen atoms in total. The Morgan fingerprint density at radius 3 is 2.60 bits per heavy atom. The number of hydrogen-bond donors (Lipinski definition) is 2. The van der Waals surface area contributed by atoms with Crippen LogP contribution < -0.4 is 10.6 Å². The van der Waals surface area contributed by atoms with Crippen molar-refractivity contribution in [1.82, 2.24) is 10.6 Å². The van der Waals surface area contributed by atoms with Crippen LogP contribution in [-0.2, 0) is 4.79 Å². The van der Waals surface area contributed by atoms with E-state index in [1.165, 1.54) is 12.8 Å². The first-order valence-electron chi connectivity index (χ1n) is 6.93. The molecule has 0 bridgehead atoms. The fraction of sp³-hybridized carbons (Fsp3) is 0.571. The van der Waals surface area contributed by atoms with Gasteiger partial charge < -0.3 is 15.1 Å². The van der Waals surface area contributed by atoms with Crippen LogP contribution in [0.3, 0.4) is 0 Å². The van der Waals surface area contributed by atoms with Gasteiger partial charge in [-0.1, -0.05) is 26.2 Å². The average molecular weight is 345 g/mol. The summed E-state index contributed by atoms with van der Waals surface area (Å²) >= 11 is 3.13. The molecule has 1 aromatic rings. The predicted molar refractivity (Wildman–Crippen MR) is 80.5 cm³/mol. The molecule has 20 heavy (non-hydrogen) atoms. The summed E-state index contributed by atoms with van der Waals surface area (Å²) in [7, 11) is 0. The molecule has 1 heterocycles. The summed E-state index contributed by atoms with van der Waals surface area (Å²) < 4.78 is 5.62.